The summed E-state index contributed by atoms with van der Waals surface area (Å²) in [6, 6.07) is 6.03. The molecular weight excluding hydrogens is 361 g/mol. The van der Waals surface area contributed by atoms with Crippen molar-refractivity contribution in [1.82, 2.24) is 14.3 Å². The number of fused-ring (bicyclic) bond motifs is 1. The fourth-order valence-electron chi connectivity index (χ4n) is 3.28. The summed E-state index contributed by atoms with van der Waals surface area (Å²) in [4.78, 5) is 18.5. The van der Waals surface area contributed by atoms with Gasteiger partial charge in [-0.2, -0.15) is 0 Å². The molecule has 0 aliphatic heterocycles. The van der Waals surface area contributed by atoms with Gasteiger partial charge in [0.25, 0.3) is 5.91 Å². The molecule has 28 heavy (non-hydrogen) atoms. The van der Waals surface area contributed by atoms with Crippen molar-refractivity contribution in [3.63, 3.8) is 0 Å². The molecule has 1 amide bonds. The van der Waals surface area contributed by atoms with E-state index in [0.717, 1.165) is 11.4 Å². The molecule has 1 aromatic carbocycles. The van der Waals surface area contributed by atoms with Crippen molar-refractivity contribution in [1.29, 1.82) is 0 Å². The molecule has 0 radical (unpaired) electrons. The van der Waals surface area contributed by atoms with Crippen LogP contribution in [0.3, 0.4) is 0 Å². The van der Waals surface area contributed by atoms with Crippen LogP contribution in [0.4, 0.5) is 4.39 Å². The number of aromatic hydroxyl groups is 1. The van der Waals surface area contributed by atoms with E-state index in [9.17, 15) is 19.4 Å². The van der Waals surface area contributed by atoms with Gasteiger partial charge in [-0.1, -0.05) is 18.2 Å². The lowest BCUT2D eigenvalue weighted by Crippen LogP contribution is -2.24. The number of hydrogen-bond acceptors (Lipinski definition) is 4. The molecule has 0 saturated carbocycles. The summed E-state index contributed by atoms with van der Waals surface area (Å²) < 4.78 is 15.6. The van der Waals surface area contributed by atoms with Crippen molar-refractivity contribution in [3.05, 3.63) is 64.4 Å². The minimum atomic E-state index is -1.05. The van der Waals surface area contributed by atoms with Gasteiger partial charge in [-0.15, -0.1) is 0 Å². The molecule has 2 N–H and O–H groups in total. The van der Waals surface area contributed by atoms with E-state index >= 15 is 0 Å². The van der Waals surface area contributed by atoms with Crippen LogP contribution in [-0.2, 0) is 6.42 Å². The number of amides is 1. The quantitative estimate of drug-likeness (QED) is 0.707. The number of hydrogen-bond donors (Lipinski definition) is 2. The van der Waals surface area contributed by atoms with Gasteiger partial charge in [0.15, 0.2) is 11.4 Å². The molecule has 0 bridgehead atoms. The Morgan fingerprint density at radius 2 is 1.96 bits per heavy atom. The number of aliphatic hydroxyl groups is 1. The van der Waals surface area contributed by atoms with E-state index in [1.54, 1.807) is 36.8 Å². The molecule has 1 atom stereocenters. The lowest BCUT2D eigenvalue weighted by molar-refractivity contribution is 0.0824. The van der Waals surface area contributed by atoms with Crippen LogP contribution in [0.1, 0.15) is 45.4 Å². The third-order valence-corrected chi connectivity index (χ3v) is 5.04. The number of carbonyl (C=O) groups is 1. The van der Waals surface area contributed by atoms with Gasteiger partial charge in [-0.05, 0) is 32.8 Å². The average Bonchev–Trinajstić information content (AvgIpc) is 2.95. The summed E-state index contributed by atoms with van der Waals surface area (Å²) in [7, 11) is 3.27. The van der Waals surface area contributed by atoms with Gasteiger partial charge < -0.3 is 19.5 Å². The molecule has 7 heteroatoms. The van der Waals surface area contributed by atoms with Crippen LogP contribution in [0.25, 0.3) is 5.65 Å². The number of aliphatic hydroxyl groups excluding tert-OH is 1. The predicted molar refractivity (Wildman–Crippen MR) is 104 cm³/mol. The molecule has 3 aromatic rings. The van der Waals surface area contributed by atoms with Crippen LogP contribution in [0, 0.1) is 19.7 Å². The third-order valence-electron chi connectivity index (χ3n) is 5.04. The number of carbonyl (C=O) groups excluding carboxylic acids is 1. The van der Waals surface area contributed by atoms with Crippen molar-refractivity contribution in [3.8, 4) is 5.75 Å². The molecule has 3 rings (SSSR count). The number of nitrogens with zero attached hydrogens (tertiary/aromatic N) is 3. The first-order valence-electron chi connectivity index (χ1n) is 9.06. The topological polar surface area (TPSA) is 78.1 Å². The van der Waals surface area contributed by atoms with Gasteiger partial charge in [0.05, 0.1) is 17.4 Å². The van der Waals surface area contributed by atoms with E-state index in [-0.39, 0.29) is 30.1 Å². The number of rotatable bonds is 5. The second-order valence-electron chi connectivity index (χ2n) is 7.12. The van der Waals surface area contributed by atoms with Gasteiger partial charge in [0.2, 0.25) is 0 Å². The number of imidazole rings is 1. The van der Waals surface area contributed by atoms with Gasteiger partial charge in [0, 0.05) is 37.1 Å². The first kappa shape index (κ1) is 19.8. The van der Waals surface area contributed by atoms with Gasteiger partial charge in [-0.25, -0.2) is 9.37 Å². The first-order valence-corrected chi connectivity index (χ1v) is 9.06. The Kier molecular flexibility index (Phi) is 5.38. The van der Waals surface area contributed by atoms with Gasteiger partial charge in [0.1, 0.15) is 5.82 Å². The molecule has 2 heterocycles. The van der Waals surface area contributed by atoms with Crippen LogP contribution in [-0.4, -0.2) is 44.5 Å². The second kappa shape index (κ2) is 7.59. The third kappa shape index (κ3) is 3.45. The Bertz CT molecular complexity index is 1040. The Morgan fingerprint density at radius 3 is 2.61 bits per heavy atom. The molecule has 0 aliphatic rings. The van der Waals surface area contributed by atoms with E-state index in [0.29, 0.717) is 16.8 Å². The average molecular weight is 385 g/mol. The molecule has 0 unspecified atom stereocenters. The SMILES string of the molecule is Cc1nc2c(O)c(CC[C@@H](O)c3ccccc3F)c(C(=O)N(C)C)cn2c1C. The largest absolute Gasteiger partial charge is 0.504 e. The smallest absolute Gasteiger partial charge is 0.255 e. The fourth-order valence-corrected chi connectivity index (χ4v) is 3.28. The molecular formula is C21H24FN3O3. The number of halogens is 1. The molecule has 0 fully saturated rings. The van der Waals surface area contributed by atoms with Crippen molar-refractivity contribution >= 4 is 11.6 Å². The van der Waals surface area contributed by atoms with E-state index < -0.39 is 11.9 Å². The van der Waals surface area contributed by atoms with Crippen molar-refractivity contribution < 1.29 is 19.4 Å². The lowest BCUT2D eigenvalue weighted by Gasteiger charge is -2.18. The fraction of sp³-hybridized carbons (Fsp3) is 0.333. The zero-order valence-electron chi connectivity index (χ0n) is 16.4. The van der Waals surface area contributed by atoms with Crippen LogP contribution in [0.15, 0.2) is 30.5 Å². The summed E-state index contributed by atoms with van der Waals surface area (Å²) in [5.41, 5.74) is 2.86. The maximum atomic E-state index is 13.9. The normalized spacial score (nSPS) is 12.4. The first-order chi connectivity index (χ1) is 13.2. The predicted octanol–water partition coefficient (Wildman–Crippen LogP) is 3.16. The summed E-state index contributed by atoms with van der Waals surface area (Å²) in [6.07, 6.45) is 0.953. The van der Waals surface area contributed by atoms with E-state index in [2.05, 4.69) is 4.98 Å². The maximum absolute atomic E-state index is 13.9. The van der Waals surface area contributed by atoms with Crippen LogP contribution < -0.4 is 0 Å². The Labute approximate surface area is 162 Å². The summed E-state index contributed by atoms with van der Waals surface area (Å²) in [5.74, 6) is -0.846. The minimum absolute atomic E-state index is 0.0929. The van der Waals surface area contributed by atoms with Crippen molar-refractivity contribution in [2.45, 2.75) is 32.8 Å². The highest BCUT2D eigenvalue weighted by Gasteiger charge is 2.23. The van der Waals surface area contributed by atoms with Crippen LogP contribution in [0.2, 0.25) is 0 Å². The number of benzene rings is 1. The highest BCUT2D eigenvalue weighted by atomic mass is 19.1. The van der Waals surface area contributed by atoms with Crippen LogP contribution in [0.5, 0.6) is 5.75 Å². The lowest BCUT2D eigenvalue weighted by atomic mass is 9.97. The molecule has 0 saturated heterocycles. The van der Waals surface area contributed by atoms with E-state index in [4.69, 9.17) is 0 Å². The highest BCUT2D eigenvalue weighted by Crippen LogP contribution is 2.32. The molecule has 6 nitrogen and oxygen atoms in total. The Balaban J connectivity index is 2.03. The van der Waals surface area contributed by atoms with Crippen molar-refractivity contribution in [2.75, 3.05) is 14.1 Å². The summed E-state index contributed by atoms with van der Waals surface area (Å²) in [5, 5.41) is 21.2. The Hall–Kier alpha value is -2.93. The molecule has 0 aliphatic carbocycles. The monoisotopic (exact) mass is 385 g/mol. The number of aromatic nitrogens is 2. The second-order valence-corrected chi connectivity index (χ2v) is 7.12. The van der Waals surface area contributed by atoms with E-state index in [1.165, 1.54) is 17.0 Å². The zero-order chi connectivity index (χ0) is 20.6. The molecule has 148 valence electrons. The molecule has 0 spiro atoms. The number of aryl methyl sites for hydroxylation is 2. The Morgan fingerprint density at radius 1 is 1.29 bits per heavy atom. The zero-order valence-corrected chi connectivity index (χ0v) is 16.4. The standard InChI is InChI=1S/C21H24FN3O3/c1-12-13(2)25-11-16(21(28)24(3)4)14(19(27)20(25)23-12)9-10-18(26)15-7-5-6-8-17(15)22/h5-8,11,18,26-27H,9-10H2,1-4H3/t18-/m1/s1. The maximum Gasteiger partial charge on any atom is 0.255 e. The summed E-state index contributed by atoms with van der Waals surface area (Å²) >= 11 is 0. The van der Waals surface area contributed by atoms with Gasteiger partial charge in [-0.3, -0.25) is 4.79 Å². The van der Waals surface area contributed by atoms with Crippen molar-refractivity contribution in [2.24, 2.45) is 0 Å². The van der Waals surface area contributed by atoms with E-state index in [1.807, 2.05) is 13.8 Å². The van der Waals surface area contributed by atoms with Crippen LogP contribution >= 0.6 is 0 Å². The highest BCUT2D eigenvalue weighted by molar-refractivity contribution is 5.96. The number of pyridine rings is 1. The molecule has 2 aromatic heterocycles. The summed E-state index contributed by atoms with van der Waals surface area (Å²) in [6.45, 7) is 3.69. The van der Waals surface area contributed by atoms with Gasteiger partial charge >= 0.3 is 0 Å². The minimum Gasteiger partial charge on any atom is -0.504 e.